The molecule has 0 unspecified atom stereocenters. The molecule has 0 bridgehead atoms. The number of ketones is 1. The van der Waals surface area contributed by atoms with Crippen molar-refractivity contribution in [3.05, 3.63) is 51.1 Å². The highest BCUT2D eigenvalue weighted by molar-refractivity contribution is 7.17. The van der Waals surface area contributed by atoms with Crippen molar-refractivity contribution in [1.29, 1.82) is 0 Å². The van der Waals surface area contributed by atoms with Crippen molar-refractivity contribution in [3.63, 3.8) is 0 Å². The lowest BCUT2D eigenvalue weighted by molar-refractivity contribution is -0.116. The Morgan fingerprint density at radius 2 is 2.03 bits per heavy atom. The molecule has 1 aromatic carbocycles. The fraction of sp³-hybridized carbons (Fsp3) is 0.300. The Morgan fingerprint density at radius 1 is 1.24 bits per heavy atom. The van der Waals surface area contributed by atoms with Crippen molar-refractivity contribution in [1.82, 2.24) is 10.1 Å². The molecule has 0 radical (unpaired) electrons. The lowest BCUT2D eigenvalue weighted by atomic mass is 10.1. The maximum atomic E-state index is 12.5. The maximum Gasteiger partial charge on any atom is 0.261 e. The first-order valence-corrected chi connectivity index (χ1v) is 10.3. The van der Waals surface area contributed by atoms with Gasteiger partial charge in [0, 0.05) is 28.3 Å². The van der Waals surface area contributed by atoms with E-state index in [4.69, 9.17) is 20.9 Å². The predicted octanol–water partition coefficient (Wildman–Crippen LogP) is 4.43. The van der Waals surface area contributed by atoms with Crippen LogP contribution in [-0.4, -0.2) is 28.4 Å². The summed E-state index contributed by atoms with van der Waals surface area (Å²) in [6.45, 7) is 2.84. The van der Waals surface area contributed by atoms with Gasteiger partial charge in [-0.3, -0.25) is 9.59 Å². The zero-order chi connectivity index (χ0) is 20.4. The summed E-state index contributed by atoms with van der Waals surface area (Å²) < 4.78 is 10.9. The molecule has 4 rings (SSSR count). The normalized spacial score (nSPS) is 13.2. The number of Topliss-reactive ketones (excluding diaryl/α,β-unsaturated/α-hetero) is 1. The minimum absolute atomic E-state index is 0.0722. The van der Waals surface area contributed by atoms with E-state index >= 15 is 0 Å². The highest BCUT2D eigenvalue weighted by atomic mass is 35.5. The summed E-state index contributed by atoms with van der Waals surface area (Å²) in [5.41, 5.74) is 2.36. The predicted molar refractivity (Wildman–Crippen MR) is 109 cm³/mol. The second-order valence-electron chi connectivity index (χ2n) is 6.64. The smallest absolute Gasteiger partial charge is 0.261 e. The van der Waals surface area contributed by atoms with Gasteiger partial charge in [-0.1, -0.05) is 16.8 Å². The maximum absolute atomic E-state index is 12.5. The lowest BCUT2D eigenvalue weighted by Gasteiger charge is -2.12. The molecule has 0 aliphatic carbocycles. The van der Waals surface area contributed by atoms with Crippen molar-refractivity contribution in [2.24, 2.45) is 0 Å². The Kier molecular flexibility index (Phi) is 5.75. The molecule has 0 spiro atoms. The third kappa shape index (κ3) is 4.39. The molecule has 1 N–H and O–H groups in total. The Morgan fingerprint density at radius 3 is 2.76 bits per heavy atom. The number of aromatic nitrogens is 2. The molecule has 1 aliphatic heterocycles. The zero-order valence-corrected chi connectivity index (χ0v) is 17.2. The SMILES string of the molecule is Cc1noc(-c2c(NC(=O)CCC(=O)c3ccc(Cl)cc3)sc3c2CCOC3)n1. The van der Waals surface area contributed by atoms with Crippen molar-refractivity contribution in [2.75, 3.05) is 11.9 Å². The van der Waals surface area contributed by atoms with Crippen LogP contribution in [0.2, 0.25) is 5.02 Å². The third-order valence-electron chi connectivity index (χ3n) is 4.56. The minimum atomic E-state index is -0.246. The van der Waals surface area contributed by atoms with E-state index in [9.17, 15) is 9.59 Å². The number of carbonyl (C=O) groups excluding carboxylic acids is 2. The third-order valence-corrected chi connectivity index (χ3v) is 5.93. The van der Waals surface area contributed by atoms with Gasteiger partial charge in [0.2, 0.25) is 5.91 Å². The number of ether oxygens (including phenoxy) is 1. The molecule has 1 aliphatic rings. The van der Waals surface area contributed by atoms with E-state index in [0.717, 1.165) is 16.0 Å². The number of fused-ring (bicyclic) bond motifs is 1. The number of thiophene rings is 1. The van der Waals surface area contributed by atoms with Crippen molar-refractivity contribution >= 4 is 39.6 Å². The number of hydrogen-bond acceptors (Lipinski definition) is 7. The van der Waals surface area contributed by atoms with Crippen molar-refractivity contribution in [2.45, 2.75) is 32.8 Å². The number of halogens is 1. The number of nitrogens with one attached hydrogen (secondary N) is 1. The number of carbonyl (C=O) groups is 2. The summed E-state index contributed by atoms with van der Waals surface area (Å²) in [4.78, 5) is 30.2. The monoisotopic (exact) mass is 431 g/mol. The quantitative estimate of drug-likeness (QED) is 0.580. The number of nitrogens with zero attached hydrogens (tertiary/aromatic N) is 2. The van der Waals surface area contributed by atoms with E-state index in [1.165, 1.54) is 11.3 Å². The molecule has 29 heavy (non-hydrogen) atoms. The Balaban J connectivity index is 1.48. The van der Waals surface area contributed by atoms with Gasteiger partial charge in [0.05, 0.1) is 18.8 Å². The van der Waals surface area contributed by atoms with E-state index in [1.807, 2.05) is 0 Å². The van der Waals surface area contributed by atoms with Gasteiger partial charge < -0.3 is 14.6 Å². The first kappa shape index (κ1) is 19.8. The molecule has 0 fully saturated rings. The van der Waals surface area contributed by atoms with Crippen LogP contribution in [0.1, 0.15) is 39.5 Å². The van der Waals surface area contributed by atoms with Gasteiger partial charge in [0.1, 0.15) is 5.00 Å². The average molecular weight is 432 g/mol. The summed E-state index contributed by atoms with van der Waals surface area (Å²) in [5.74, 6) is 0.556. The molecule has 2 aromatic heterocycles. The Bertz CT molecular complexity index is 1060. The van der Waals surface area contributed by atoms with E-state index in [0.29, 0.717) is 46.9 Å². The number of aryl methyl sites for hydroxylation is 1. The second kappa shape index (κ2) is 8.44. The number of rotatable bonds is 6. The molecule has 3 aromatic rings. The van der Waals surface area contributed by atoms with Gasteiger partial charge in [-0.25, -0.2) is 0 Å². The first-order chi connectivity index (χ1) is 14.0. The number of benzene rings is 1. The molecule has 7 nitrogen and oxygen atoms in total. The highest BCUT2D eigenvalue weighted by Crippen LogP contribution is 2.42. The fourth-order valence-electron chi connectivity index (χ4n) is 3.14. The van der Waals surface area contributed by atoms with Gasteiger partial charge >= 0.3 is 0 Å². The van der Waals surface area contributed by atoms with Crippen LogP contribution in [0.25, 0.3) is 11.5 Å². The van der Waals surface area contributed by atoms with Crippen molar-refractivity contribution < 1.29 is 18.8 Å². The van der Waals surface area contributed by atoms with Crippen LogP contribution in [-0.2, 0) is 22.6 Å². The van der Waals surface area contributed by atoms with Gasteiger partial charge in [-0.2, -0.15) is 4.98 Å². The topological polar surface area (TPSA) is 94.3 Å². The lowest BCUT2D eigenvalue weighted by Crippen LogP contribution is -2.13. The summed E-state index contributed by atoms with van der Waals surface area (Å²) in [6.07, 6.45) is 0.896. The van der Waals surface area contributed by atoms with Crippen molar-refractivity contribution in [3.8, 4) is 11.5 Å². The number of hydrogen-bond donors (Lipinski definition) is 1. The van der Waals surface area contributed by atoms with E-state index < -0.39 is 0 Å². The molecular formula is C20H18ClN3O4S. The van der Waals surface area contributed by atoms with Crippen LogP contribution < -0.4 is 5.32 Å². The van der Waals surface area contributed by atoms with E-state index in [1.54, 1.807) is 31.2 Å². The van der Waals surface area contributed by atoms with Gasteiger partial charge in [-0.05, 0) is 43.2 Å². The first-order valence-electron chi connectivity index (χ1n) is 9.13. The summed E-state index contributed by atoms with van der Waals surface area (Å²) in [6, 6.07) is 6.63. The van der Waals surface area contributed by atoms with Crippen LogP contribution in [0.4, 0.5) is 5.00 Å². The molecule has 0 saturated heterocycles. The van der Waals surface area contributed by atoms with Gasteiger partial charge in [0.25, 0.3) is 5.89 Å². The van der Waals surface area contributed by atoms with Crippen LogP contribution >= 0.6 is 22.9 Å². The van der Waals surface area contributed by atoms with Gasteiger partial charge in [-0.15, -0.1) is 11.3 Å². The average Bonchev–Trinajstić information content (AvgIpc) is 3.29. The van der Waals surface area contributed by atoms with Crippen LogP contribution in [0, 0.1) is 6.92 Å². The Labute approximate surface area is 176 Å². The number of amides is 1. The molecular weight excluding hydrogens is 414 g/mol. The van der Waals surface area contributed by atoms with Crippen LogP contribution in [0.3, 0.4) is 0 Å². The summed E-state index contributed by atoms with van der Waals surface area (Å²) in [7, 11) is 0. The summed E-state index contributed by atoms with van der Waals surface area (Å²) >= 11 is 7.29. The minimum Gasteiger partial charge on any atom is -0.376 e. The largest absolute Gasteiger partial charge is 0.376 e. The van der Waals surface area contributed by atoms with Crippen LogP contribution in [0.15, 0.2) is 28.8 Å². The van der Waals surface area contributed by atoms with E-state index in [2.05, 4.69) is 15.5 Å². The Hall–Kier alpha value is -2.55. The summed E-state index contributed by atoms with van der Waals surface area (Å²) in [5, 5.41) is 7.99. The number of anilines is 1. The zero-order valence-electron chi connectivity index (χ0n) is 15.7. The molecule has 0 saturated carbocycles. The molecule has 0 atom stereocenters. The van der Waals surface area contributed by atoms with E-state index in [-0.39, 0.29) is 24.5 Å². The fourth-order valence-corrected chi connectivity index (χ4v) is 4.46. The molecule has 150 valence electrons. The molecule has 3 heterocycles. The second-order valence-corrected chi connectivity index (χ2v) is 8.18. The van der Waals surface area contributed by atoms with Gasteiger partial charge in [0.15, 0.2) is 11.6 Å². The molecule has 1 amide bonds. The molecule has 9 heteroatoms. The van der Waals surface area contributed by atoms with Crippen LogP contribution in [0.5, 0.6) is 0 Å². The standard InChI is InChI=1S/C20H18ClN3O4S/c1-11-22-19(28-24-11)18-14-8-9-27-10-16(14)29-20(18)23-17(26)7-6-15(25)12-2-4-13(21)5-3-12/h2-5H,6-10H2,1H3,(H,23,26). The highest BCUT2D eigenvalue weighted by Gasteiger charge is 2.26.